The number of ether oxygens (including phenoxy) is 1. The van der Waals surface area contributed by atoms with Crippen molar-refractivity contribution in [2.24, 2.45) is 4.99 Å². The highest BCUT2D eigenvalue weighted by molar-refractivity contribution is 6.45. The van der Waals surface area contributed by atoms with Crippen LogP contribution in [-0.4, -0.2) is 23.8 Å². The van der Waals surface area contributed by atoms with Crippen LogP contribution in [-0.2, 0) is 4.79 Å². The van der Waals surface area contributed by atoms with Gasteiger partial charge in [-0.1, -0.05) is 36.5 Å². The van der Waals surface area contributed by atoms with E-state index in [4.69, 9.17) is 33.0 Å². The number of carbonyl (C=O) groups excluding carboxylic acids is 1. The van der Waals surface area contributed by atoms with Gasteiger partial charge >= 0.3 is 5.97 Å². The number of carboxylic acids is 1. The molecule has 0 aromatic heterocycles. The average molecular weight is 304 g/mol. The Kier molecular flexibility index (Phi) is 5.83. The summed E-state index contributed by atoms with van der Waals surface area (Å²) in [4.78, 5) is 24.7. The summed E-state index contributed by atoms with van der Waals surface area (Å²) in [7, 11) is 0. The first-order chi connectivity index (χ1) is 9.02. The van der Waals surface area contributed by atoms with Crippen LogP contribution in [0.25, 0.3) is 0 Å². The fraction of sp³-hybridized carbons (Fsp3) is 0.333. The van der Waals surface area contributed by atoms with Crippen LogP contribution in [0.1, 0.15) is 30.1 Å². The number of unbranched alkanes of at least 4 members (excludes halogenated alkanes) is 1. The Hall–Kier alpha value is -1.55. The van der Waals surface area contributed by atoms with Crippen molar-refractivity contribution >= 4 is 40.9 Å². The van der Waals surface area contributed by atoms with E-state index in [1.165, 1.54) is 6.08 Å². The molecule has 0 fully saturated rings. The zero-order chi connectivity index (χ0) is 14.4. The molecule has 0 atom stereocenters. The first-order valence-corrected chi connectivity index (χ1v) is 6.24. The van der Waals surface area contributed by atoms with Crippen LogP contribution in [0, 0.1) is 0 Å². The third-order valence-electron chi connectivity index (χ3n) is 2.28. The number of isocyanates is 1. The Balaban J connectivity index is 3.31. The van der Waals surface area contributed by atoms with Crippen molar-refractivity contribution in [2.75, 3.05) is 6.61 Å². The van der Waals surface area contributed by atoms with Crippen LogP contribution in [0.4, 0.5) is 5.69 Å². The first-order valence-electron chi connectivity index (χ1n) is 5.48. The minimum absolute atomic E-state index is 0.0162. The summed E-state index contributed by atoms with van der Waals surface area (Å²) in [6.07, 6.45) is 2.93. The molecule has 5 nitrogen and oxygen atoms in total. The number of halogens is 2. The smallest absolute Gasteiger partial charge is 0.339 e. The molecule has 0 aliphatic heterocycles. The summed E-state index contributed by atoms with van der Waals surface area (Å²) in [5.41, 5.74) is -0.249. The molecule has 102 valence electrons. The molecule has 0 aliphatic carbocycles. The summed E-state index contributed by atoms with van der Waals surface area (Å²) in [6, 6.07) is 1.13. The molecule has 0 aliphatic rings. The minimum atomic E-state index is -1.24. The van der Waals surface area contributed by atoms with Gasteiger partial charge in [0.1, 0.15) is 10.6 Å². The Bertz CT molecular complexity index is 539. The Morgan fingerprint density at radius 2 is 2.16 bits per heavy atom. The quantitative estimate of drug-likeness (QED) is 0.492. The number of hydrogen-bond donors (Lipinski definition) is 1. The van der Waals surface area contributed by atoms with E-state index in [2.05, 4.69) is 4.99 Å². The minimum Gasteiger partial charge on any atom is -0.491 e. The lowest BCUT2D eigenvalue weighted by molar-refractivity contribution is 0.0692. The van der Waals surface area contributed by atoms with Crippen LogP contribution in [0.15, 0.2) is 11.1 Å². The van der Waals surface area contributed by atoms with E-state index >= 15 is 0 Å². The zero-order valence-corrected chi connectivity index (χ0v) is 11.6. The lowest BCUT2D eigenvalue weighted by Crippen LogP contribution is -2.05. The fourth-order valence-corrected chi connectivity index (χ4v) is 1.78. The fourth-order valence-electron chi connectivity index (χ4n) is 1.35. The van der Waals surface area contributed by atoms with Gasteiger partial charge in [0.25, 0.3) is 0 Å². The third kappa shape index (κ3) is 3.70. The number of aromatic carboxylic acids is 1. The van der Waals surface area contributed by atoms with E-state index < -0.39 is 5.97 Å². The van der Waals surface area contributed by atoms with Gasteiger partial charge in [-0.3, -0.25) is 0 Å². The Labute approximate surface area is 119 Å². The van der Waals surface area contributed by atoms with Gasteiger partial charge in [0.2, 0.25) is 6.08 Å². The predicted molar refractivity (Wildman–Crippen MR) is 71.6 cm³/mol. The maximum absolute atomic E-state index is 11.2. The molecule has 1 aromatic rings. The second-order valence-corrected chi connectivity index (χ2v) is 4.37. The van der Waals surface area contributed by atoms with Crippen molar-refractivity contribution in [3.8, 4) is 5.75 Å². The summed E-state index contributed by atoms with van der Waals surface area (Å²) in [5, 5.41) is 8.99. The monoisotopic (exact) mass is 303 g/mol. The van der Waals surface area contributed by atoms with E-state index in [0.29, 0.717) is 6.61 Å². The van der Waals surface area contributed by atoms with Gasteiger partial charge in [-0.05, 0) is 12.5 Å². The van der Waals surface area contributed by atoms with Crippen molar-refractivity contribution < 1.29 is 19.4 Å². The van der Waals surface area contributed by atoms with E-state index in [0.717, 1.165) is 18.9 Å². The molecule has 7 heteroatoms. The molecule has 19 heavy (non-hydrogen) atoms. The molecule has 0 saturated carbocycles. The maximum atomic E-state index is 11.2. The second kappa shape index (κ2) is 7.14. The molecule has 1 rings (SSSR count). The molecule has 0 unspecified atom stereocenters. The Morgan fingerprint density at radius 3 is 2.68 bits per heavy atom. The number of hydrogen-bond acceptors (Lipinski definition) is 4. The molecule has 0 heterocycles. The van der Waals surface area contributed by atoms with Crippen molar-refractivity contribution in [2.45, 2.75) is 19.8 Å². The van der Waals surface area contributed by atoms with Gasteiger partial charge in [-0.2, -0.15) is 4.99 Å². The topological polar surface area (TPSA) is 76.0 Å². The van der Waals surface area contributed by atoms with Crippen LogP contribution in [0.2, 0.25) is 10.0 Å². The second-order valence-electron chi connectivity index (χ2n) is 3.61. The SMILES string of the molecule is CCCCOc1c(C(=O)O)cc(N=C=O)c(Cl)c1Cl. The molecular weight excluding hydrogens is 293 g/mol. The number of carboxylic acid groups (broad SMARTS) is 1. The number of aliphatic imine (C=N–C) groups is 1. The molecular formula is C12H11Cl2NO4. The van der Waals surface area contributed by atoms with Crippen molar-refractivity contribution in [1.82, 2.24) is 0 Å². The van der Waals surface area contributed by atoms with Gasteiger partial charge in [-0.25, -0.2) is 9.59 Å². The highest BCUT2D eigenvalue weighted by Crippen LogP contribution is 2.41. The Morgan fingerprint density at radius 1 is 1.47 bits per heavy atom. The van der Waals surface area contributed by atoms with Gasteiger partial charge < -0.3 is 9.84 Å². The molecule has 0 saturated heterocycles. The molecule has 1 aromatic carbocycles. The largest absolute Gasteiger partial charge is 0.491 e. The molecule has 0 bridgehead atoms. The van der Waals surface area contributed by atoms with Crippen LogP contribution in [0.5, 0.6) is 5.75 Å². The van der Waals surface area contributed by atoms with Crippen molar-refractivity contribution in [3.63, 3.8) is 0 Å². The van der Waals surface area contributed by atoms with Crippen molar-refractivity contribution in [1.29, 1.82) is 0 Å². The summed E-state index contributed by atoms with van der Waals surface area (Å²) >= 11 is 11.8. The van der Waals surface area contributed by atoms with Gasteiger partial charge in [0.05, 0.1) is 17.3 Å². The van der Waals surface area contributed by atoms with Crippen LogP contribution in [0.3, 0.4) is 0 Å². The van der Waals surface area contributed by atoms with Crippen LogP contribution < -0.4 is 4.74 Å². The average Bonchev–Trinajstić information content (AvgIpc) is 2.37. The van der Waals surface area contributed by atoms with Gasteiger partial charge in [0.15, 0.2) is 5.75 Å². The number of carbonyl (C=O) groups is 1. The van der Waals surface area contributed by atoms with E-state index in [-0.39, 0.29) is 27.0 Å². The normalized spacial score (nSPS) is 9.84. The maximum Gasteiger partial charge on any atom is 0.339 e. The van der Waals surface area contributed by atoms with Gasteiger partial charge in [-0.15, -0.1) is 0 Å². The van der Waals surface area contributed by atoms with Gasteiger partial charge in [0, 0.05) is 0 Å². The van der Waals surface area contributed by atoms with Crippen molar-refractivity contribution in [3.05, 3.63) is 21.7 Å². The summed E-state index contributed by atoms with van der Waals surface area (Å²) < 4.78 is 5.35. The van der Waals surface area contributed by atoms with Crippen LogP contribution >= 0.6 is 23.2 Å². The standard InChI is InChI=1S/C12H11Cl2NO4/c1-2-3-4-19-11-7(12(17)18)5-8(15-6-16)9(13)10(11)14/h5H,2-4H2,1H3,(H,17,18). The number of benzene rings is 1. The first kappa shape index (κ1) is 15.5. The predicted octanol–water partition coefficient (Wildman–Crippen LogP) is 3.84. The molecule has 1 N–H and O–H groups in total. The summed E-state index contributed by atoms with van der Waals surface area (Å²) in [5.74, 6) is -1.26. The highest BCUT2D eigenvalue weighted by Gasteiger charge is 2.21. The van der Waals surface area contributed by atoms with E-state index in [9.17, 15) is 9.59 Å². The summed E-state index contributed by atoms with van der Waals surface area (Å²) in [6.45, 7) is 2.29. The lowest BCUT2D eigenvalue weighted by atomic mass is 10.1. The van der Waals surface area contributed by atoms with E-state index in [1.54, 1.807) is 0 Å². The highest BCUT2D eigenvalue weighted by atomic mass is 35.5. The lowest BCUT2D eigenvalue weighted by Gasteiger charge is -2.12. The van der Waals surface area contributed by atoms with E-state index in [1.807, 2.05) is 6.92 Å². The molecule has 0 radical (unpaired) electrons. The number of nitrogens with zero attached hydrogens (tertiary/aromatic N) is 1. The number of rotatable bonds is 6. The molecule has 0 amide bonds. The molecule has 0 spiro atoms. The zero-order valence-electron chi connectivity index (χ0n) is 10.1. The third-order valence-corrected chi connectivity index (χ3v) is 3.12.